The fourth-order valence-electron chi connectivity index (χ4n) is 2.88. The maximum absolute atomic E-state index is 13.5. The van der Waals surface area contributed by atoms with Crippen LogP contribution in [-0.4, -0.2) is 22.2 Å². The Morgan fingerprint density at radius 2 is 1.92 bits per heavy atom. The van der Waals surface area contributed by atoms with Gasteiger partial charge in [-0.15, -0.1) is 0 Å². The molecule has 0 aliphatic carbocycles. The van der Waals surface area contributed by atoms with Crippen molar-refractivity contribution in [2.24, 2.45) is 7.05 Å². The van der Waals surface area contributed by atoms with Crippen LogP contribution < -0.4 is 5.32 Å². The first kappa shape index (κ1) is 17.9. The molecule has 0 unspecified atom stereocenters. The van der Waals surface area contributed by atoms with Crippen LogP contribution in [0.3, 0.4) is 0 Å². The van der Waals surface area contributed by atoms with Gasteiger partial charge in [0.05, 0.1) is 5.69 Å². The molecule has 1 N–H and O–H groups in total. The van der Waals surface area contributed by atoms with Gasteiger partial charge in [0.25, 0.3) is 5.91 Å². The molecule has 0 atom stereocenters. The van der Waals surface area contributed by atoms with E-state index in [1.807, 2.05) is 18.2 Å². The third-order valence-corrected chi connectivity index (χ3v) is 4.34. The molecule has 1 aromatic heterocycles. The standard InChI is InChI=1S/C21H22FN3O/c1-15-13-17(10-11-18(15)22)20-14-19(24-25(20)2)21(26)23-12-6-9-16-7-4-3-5-8-16/h3-5,7-8,10-11,13-14H,6,9,12H2,1-2H3,(H,23,26). The summed E-state index contributed by atoms with van der Waals surface area (Å²) in [4.78, 5) is 12.3. The molecule has 26 heavy (non-hydrogen) atoms. The van der Waals surface area contributed by atoms with Crippen molar-refractivity contribution >= 4 is 5.91 Å². The van der Waals surface area contributed by atoms with Gasteiger partial charge >= 0.3 is 0 Å². The lowest BCUT2D eigenvalue weighted by Crippen LogP contribution is -2.25. The minimum absolute atomic E-state index is 0.196. The van der Waals surface area contributed by atoms with Crippen molar-refractivity contribution in [1.82, 2.24) is 15.1 Å². The highest BCUT2D eigenvalue weighted by Crippen LogP contribution is 2.22. The molecule has 0 bridgehead atoms. The van der Waals surface area contributed by atoms with Gasteiger partial charge in [-0.1, -0.05) is 30.3 Å². The van der Waals surface area contributed by atoms with Crippen molar-refractivity contribution in [2.45, 2.75) is 19.8 Å². The van der Waals surface area contributed by atoms with Crippen molar-refractivity contribution in [3.8, 4) is 11.3 Å². The molecule has 134 valence electrons. The third-order valence-electron chi connectivity index (χ3n) is 4.34. The number of hydrogen-bond donors (Lipinski definition) is 1. The Morgan fingerprint density at radius 3 is 2.65 bits per heavy atom. The Kier molecular flexibility index (Phi) is 5.46. The minimum Gasteiger partial charge on any atom is -0.351 e. The quantitative estimate of drug-likeness (QED) is 0.685. The molecule has 3 rings (SSSR count). The first-order chi connectivity index (χ1) is 12.5. The molecular formula is C21H22FN3O. The highest BCUT2D eigenvalue weighted by molar-refractivity contribution is 5.93. The number of hydrogen-bond acceptors (Lipinski definition) is 2. The molecule has 1 amide bonds. The second-order valence-electron chi connectivity index (χ2n) is 6.35. The highest BCUT2D eigenvalue weighted by Gasteiger charge is 2.14. The lowest BCUT2D eigenvalue weighted by molar-refractivity contribution is 0.0947. The second-order valence-corrected chi connectivity index (χ2v) is 6.35. The monoisotopic (exact) mass is 351 g/mol. The van der Waals surface area contributed by atoms with Crippen LogP contribution in [0.1, 0.15) is 28.0 Å². The van der Waals surface area contributed by atoms with Gasteiger partial charge in [-0.25, -0.2) is 4.39 Å². The first-order valence-electron chi connectivity index (χ1n) is 8.67. The molecule has 0 saturated heterocycles. The van der Waals surface area contributed by atoms with E-state index in [0.29, 0.717) is 17.8 Å². The predicted octanol–water partition coefficient (Wildman–Crippen LogP) is 3.90. The zero-order chi connectivity index (χ0) is 18.5. The molecule has 0 fully saturated rings. The molecule has 0 radical (unpaired) electrons. The first-order valence-corrected chi connectivity index (χ1v) is 8.67. The summed E-state index contributed by atoms with van der Waals surface area (Å²) in [5.74, 6) is -0.439. The normalized spacial score (nSPS) is 10.7. The van der Waals surface area contributed by atoms with Crippen LogP contribution in [0.2, 0.25) is 0 Å². The lowest BCUT2D eigenvalue weighted by Gasteiger charge is -2.03. The number of nitrogens with one attached hydrogen (secondary N) is 1. The van der Waals surface area contributed by atoms with E-state index in [1.165, 1.54) is 11.6 Å². The summed E-state index contributed by atoms with van der Waals surface area (Å²) in [7, 11) is 1.78. The van der Waals surface area contributed by atoms with Crippen LogP contribution in [0.5, 0.6) is 0 Å². The number of halogens is 1. The van der Waals surface area contributed by atoms with E-state index >= 15 is 0 Å². The van der Waals surface area contributed by atoms with E-state index < -0.39 is 0 Å². The van der Waals surface area contributed by atoms with Crippen LogP contribution in [0.4, 0.5) is 4.39 Å². The van der Waals surface area contributed by atoms with Gasteiger partial charge in [-0.05, 0) is 55.2 Å². The summed E-state index contributed by atoms with van der Waals surface area (Å²) >= 11 is 0. The molecule has 3 aromatic rings. The second kappa shape index (κ2) is 7.95. The summed E-state index contributed by atoms with van der Waals surface area (Å²) in [6.07, 6.45) is 1.79. The zero-order valence-corrected chi connectivity index (χ0v) is 15.0. The maximum Gasteiger partial charge on any atom is 0.271 e. The van der Waals surface area contributed by atoms with Crippen molar-refractivity contribution in [2.75, 3.05) is 6.54 Å². The number of aryl methyl sites for hydroxylation is 3. The average Bonchev–Trinajstić information content (AvgIpc) is 3.04. The van der Waals surface area contributed by atoms with E-state index in [9.17, 15) is 9.18 Å². The summed E-state index contributed by atoms with van der Waals surface area (Å²) in [6.45, 7) is 2.31. The summed E-state index contributed by atoms with van der Waals surface area (Å²) in [6, 6.07) is 16.8. The van der Waals surface area contributed by atoms with Crippen molar-refractivity contribution in [3.05, 3.63) is 77.2 Å². The van der Waals surface area contributed by atoms with Crippen molar-refractivity contribution < 1.29 is 9.18 Å². The Balaban J connectivity index is 1.60. The number of rotatable bonds is 6. The predicted molar refractivity (Wildman–Crippen MR) is 100 cm³/mol. The number of carbonyl (C=O) groups is 1. The van der Waals surface area contributed by atoms with E-state index in [0.717, 1.165) is 24.1 Å². The molecule has 4 nitrogen and oxygen atoms in total. The minimum atomic E-state index is -0.243. The van der Waals surface area contributed by atoms with Crippen LogP contribution in [0.25, 0.3) is 11.3 Å². The van der Waals surface area contributed by atoms with Gasteiger partial charge in [0.1, 0.15) is 5.82 Å². The van der Waals surface area contributed by atoms with Crippen LogP contribution in [0.15, 0.2) is 54.6 Å². The van der Waals surface area contributed by atoms with Gasteiger partial charge in [0.2, 0.25) is 0 Å². The van der Waals surface area contributed by atoms with Gasteiger partial charge in [-0.2, -0.15) is 5.10 Å². The molecule has 1 heterocycles. The van der Waals surface area contributed by atoms with E-state index in [2.05, 4.69) is 22.5 Å². The molecule has 2 aromatic carbocycles. The zero-order valence-electron chi connectivity index (χ0n) is 15.0. The number of amides is 1. The van der Waals surface area contributed by atoms with Crippen molar-refractivity contribution in [1.29, 1.82) is 0 Å². The summed E-state index contributed by atoms with van der Waals surface area (Å²) < 4.78 is 15.1. The Hall–Kier alpha value is -2.95. The number of aromatic nitrogens is 2. The van der Waals surface area contributed by atoms with Gasteiger partial charge < -0.3 is 5.32 Å². The van der Waals surface area contributed by atoms with Gasteiger partial charge in [0.15, 0.2) is 5.69 Å². The fourth-order valence-corrected chi connectivity index (χ4v) is 2.88. The molecule has 0 saturated carbocycles. The number of benzene rings is 2. The van der Waals surface area contributed by atoms with Crippen LogP contribution in [0, 0.1) is 12.7 Å². The van der Waals surface area contributed by atoms with E-state index in [-0.39, 0.29) is 11.7 Å². The summed E-state index contributed by atoms with van der Waals surface area (Å²) in [5.41, 5.74) is 3.80. The SMILES string of the molecule is Cc1cc(-c2cc(C(=O)NCCCc3ccccc3)nn2C)ccc1F. The fraction of sp³-hybridized carbons (Fsp3) is 0.238. The molecule has 0 aliphatic heterocycles. The van der Waals surface area contributed by atoms with Crippen LogP contribution in [-0.2, 0) is 13.5 Å². The number of nitrogens with zero attached hydrogens (tertiary/aromatic N) is 2. The highest BCUT2D eigenvalue weighted by atomic mass is 19.1. The third kappa shape index (κ3) is 4.17. The van der Waals surface area contributed by atoms with Gasteiger partial charge in [0, 0.05) is 19.2 Å². The molecule has 0 spiro atoms. The van der Waals surface area contributed by atoms with Crippen molar-refractivity contribution in [3.63, 3.8) is 0 Å². The molecular weight excluding hydrogens is 329 g/mol. The molecule has 0 aliphatic rings. The topological polar surface area (TPSA) is 46.9 Å². The Morgan fingerprint density at radius 1 is 1.15 bits per heavy atom. The molecule has 5 heteroatoms. The smallest absolute Gasteiger partial charge is 0.271 e. The Bertz CT molecular complexity index is 903. The van der Waals surface area contributed by atoms with E-state index in [4.69, 9.17) is 0 Å². The summed E-state index contributed by atoms with van der Waals surface area (Å²) in [5, 5.41) is 7.19. The largest absolute Gasteiger partial charge is 0.351 e. The lowest BCUT2D eigenvalue weighted by atomic mass is 10.1. The average molecular weight is 351 g/mol. The van der Waals surface area contributed by atoms with Gasteiger partial charge in [-0.3, -0.25) is 9.48 Å². The Labute approximate surface area is 152 Å². The number of carbonyl (C=O) groups excluding carboxylic acids is 1. The maximum atomic E-state index is 13.5. The van der Waals surface area contributed by atoms with Crippen LogP contribution >= 0.6 is 0 Å². The van der Waals surface area contributed by atoms with E-state index in [1.54, 1.807) is 36.9 Å².